The summed E-state index contributed by atoms with van der Waals surface area (Å²) in [5.41, 5.74) is 1.88. The van der Waals surface area contributed by atoms with Crippen molar-refractivity contribution in [3.63, 3.8) is 0 Å². The number of rotatable bonds is 6. The van der Waals surface area contributed by atoms with E-state index in [4.69, 9.17) is 4.74 Å². The summed E-state index contributed by atoms with van der Waals surface area (Å²) in [7, 11) is 2.84. The highest BCUT2D eigenvalue weighted by Gasteiger charge is 2.21. The maximum Gasteiger partial charge on any atom is 0.360 e. The fraction of sp³-hybridized carbons (Fsp3) is 0.333. The molecule has 116 valence electrons. The number of hydrogen-bond donors (Lipinski definition) is 1. The molecule has 1 amide bonds. The van der Waals surface area contributed by atoms with Crippen molar-refractivity contribution in [2.45, 2.75) is 19.4 Å². The molecule has 0 bridgehead atoms. The van der Waals surface area contributed by atoms with Crippen LogP contribution in [0.4, 0.5) is 0 Å². The topological polar surface area (TPSA) is 86.1 Å². The number of carbonyl (C=O) groups is 2. The lowest BCUT2D eigenvalue weighted by molar-refractivity contribution is -0.121. The number of benzene rings is 1. The van der Waals surface area contributed by atoms with Gasteiger partial charge in [0.1, 0.15) is 6.54 Å². The number of ether oxygens (including phenoxy) is 1. The van der Waals surface area contributed by atoms with Crippen molar-refractivity contribution < 1.29 is 14.3 Å². The number of hydrogen-bond acceptors (Lipinski definition) is 5. The number of nitrogens with one attached hydrogen (secondary N) is 1. The number of likely N-dealkylation sites (N-methyl/N-ethyl adjacent to an activating group) is 1. The molecule has 7 nitrogen and oxygen atoms in total. The second-order valence-corrected chi connectivity index (χ2v) is 4.69. The number of nitrogens with zero attached hydrogens (tertiary/aromatic N) is 3. The van der Waals surface area contributed by atoms with Gasteiger partial charge in [0.25, 0.3) is 0 Å². The van der Waals surface area contributed by atoms with Gasteiger partial charge in [-0.3, -0.25) is 4.79 Å². The molecule has 2 aromatic rings. The molecule has 7 heteroatoms. The van der Waals surface area contributed by atoms with Crippen LogP contribution in [0.25, 0.3) is 0 Å². The van der Waals surface area contributed by atoms with Crippen molar-refractivity contribution in [3.8, 4) is 0 Å². The zero-order chi connectivity index (χ0) is 15.9. The van der Waals surface area contributed by atoms with Crippen LogP contribution in [-0.4, -0.2) is 41.0 Å². The first-order valence-electron chi connectivity index (χ1n) is 6.91. The smallest absolute Gasteiger partial charge is 0.360 e. The summed E-state index contributed by atoms with van der Waals surface area (Å²) in [5, 5.41) is 10.3. The Morgan fingerprint density at radius 2 is 1.95 bits per heavy atom. The molecule has 0 radical (unpaired) electrons. The van der Waals surface area contributed by atoms with E-state index in [0.717, 1.165) is 5.56 Å². The summed E-state index contributed by atoms with van der Waals surface area (Å²) >= 11 is 0. The molecule has 0 fully saturated rings. The number of methoxy groups -OCH3 is 1. The van der Waals surface area contributed by atoms with E-state index in [1.807, 2.05) is 30.3 Å². The maximum absolute atomic E-state index is 11.8. The molecule has 0 atom stereocenters. The zero-order valence-corrected chi connectivity index (χ0v) is 12.6. The number of aromatic nitrogens is 3. The van der Waals surface area contributed by atoms with E-state index in [1.54, 1.807) is 7.05 Å². The molecule has 0 unspecified atom stereocenters. The average molecular weight is 302 g/mol. The van der Waals surface area contributed by atoms with E-state index < -0.39 is 5.97 Å². The largest absolute Gasteiger partial charge is 0.464 e. The van der Waals surface area contributed by atoms with Crippen LogP contribution < -0.4 is 5.32 Å². The highest BCUT2D eigenvalue weighted by atomic mass is 16.5. The number of esters is 1. The van der Waals surface area contributed by atoms with Gasteiger partial charge in [-0.25, -0.2) is 9.48 Å². The van der Waals surface area contributed by atoms with Gasteiger partial charge in [-0.1, -0.05) is 35.5 Å². The highest BCUT2D eigenvalue weighted by molar-refractivity contribution is 5.88. The van der Waals surface area contributed by atoms with Gasteiger partial charge in [-0.2, -0.15) is 0 Å². The number of aryl methyl sites for hydroxylation is 1. The molecular weight excluding hydrogens is 284 g/mol. The normalized spacial score (nSPS) is 10.3. The van der Waals surface area contributed by atoms with Crippen LogP contribution in [0, 0.1) is 0 Å². The van der Waals surface area contributed by atoms with E-state index in [0.29, 0.717) is 18.5 Å². The van der Waals surface area contributed by atoms with Crippen molar-refractivity contribution in [2.75, 3.05) is 14.2 Å². The molecule has 1 heterocycles. The summed E-state index contributed by atoms with van der Waals surface area (Å²) in [4.78, 5) is 23.3. The Labute approximate surface area is 128 Å². The second kappa shape index (κ2) is 7.35. The summed E-state index contributed by atoms with van der Waals surface area (Å²) in [6.45, 7) is 0.0185. The van der Waals surface area contributed by atoms with Gasteiger partial charge in [-0.15, -0.1) is 5.10 Å². The van der Waals surface area contributed by atoms with Crippen molar-refractivity contribution >= 4 is 11.9 Å². The van der Waals surface area contributed by atoms with Crippen LogP contribution in [0.2, 0.25) is 0 Å². The van der Waals surface area contributed by atoms with Crippen LogP contribution in [0.1, 0.15) is 21.7 Å². The molecule has 0 aliphatic heterocycles. The van der Waals surface area contributed by atoms with Crippen LogP contribution in [0.5, 0.6) is 0 Å². The van der Waals surface area contributed by atoms with Crippen molar-refractivity contribution in [1.82, 2.24) is 20.3 Å². The Kier molecular flexibility index (Phi) is 5.24. The molecule has 22 heavy (non-hydrogen) atoms. The monoisotopic (exact) mass is 302 g/mol. The van der Waals surface area contributed by atoms with Gasteiger partial charge in [-0.05, 0) is 18.4 Å². The van der Waals surface area contributed by atoms with Gasteiger partial charge >= 0.3 is 5.97 Å². The number of amides is 1. The fourth-order valence-corrected chi connectivity index (χ4v) is 2.08. The van der Waals surface area contributed by atoms with Crippen molar-refractivity contribution in [1.29, 1.82) is 0 Å². The molecule has 0 aliphatic carbocycles. The highest BCUT2D eigenvalue weighted by Crippen LogP contribution is 2.12. The Morgan fingerprint density at radius 3 is 2.59 bits per heavy atom. The minimum absolute atomic E-state index is 0.0185. The van der Waals surface area contributed by atoms with Gasteiger partial charge in [0.15, 0.2) is 5.69 Å². The van der Waals surface area contributed by atoms with Crippen LogP contribution in [0.15, 0.2) is 30.3 Å². The third-order valence-corrected chi connectivity index (χ3v) is 3.28. The van der Waals surface area contributed by atoms with Gasteiger partial charge < -0.3 is 10.1 Å². The molecule has 0 saturated carbocycles. The van der Waals surface area contributed by atoms with Gasteiger partial charge in [0.05, 0.1) is 12.8 Å². The predicted octanol–water partition coefficient (Wildman–Crippen LogP) is 0.596. The Hall–Kier alpha value is -2.70. The second-order valence-electron chi connectivity index (χ2n) is 4.69. The quantitative estimate of drug-likeness (QED) is 0.790. The Bertz CT molecular complexity index is 652. The Morgan fingerprint density at radius 1 is 1.23 bits per heavy atom. The molecular formula is C15H18N4O3. The summed E-state index contributed by atoms with van der Waals surface area (Å²) in [6.07, 6.45) is 1.25. The van der Waals surface area contributed by atoms with Crippen LogP contribution >= 0.6 is 0 Å². The summed E-state index contributed by atoms with van der Waals surface area (Å²) in [5.74, 6) is -0.756. The van der Waals surface area contributed by atoms with Crippen molar-refractivity contribution in [2.24, 2.45) is 0 Å². The lowest BCUT2D eigenvalue weighted by atomic mass is 10.1. The number of carbonyl (C=O) groups excluding carboxylic acids is 2. The minimum Gasteiger partial charge on any atom is -0.464 e. The lowest BCUT2D eigenvalue weighted by Crippen LogP contribution is -2.25. The third kappa shape index (κ3) is 3.69. The fourth-order valence-electron chi connectivity index (χ4n) is 2.08. The van der Waals surface area contributed by atoms with E-state index in [9.17, 15) is 9.59 Å². The van der Waals surface area contributed by atoms with Crippen LogP contribution in [0.3, 0.4) is 0 Å². The van der Waals surface area contributed by atoms with Crippen LogP contribution in [-0.2, 0) is 28.9 Å². The molecule has 0 aliphatic rings. The third-order valence-electron chi connectivity index (χ3n) is 3.28. The summed E-state index contributed by atoms with van der Waals surface area (Å²) < 4.78 is 6.16. The van der Waals surface area contributed by atoms with E-state index >= 15 is 0 Å². The zero-order valence-electron chi connectivity index (χ0n) is 12.6. The standard InChI is InChI=1S/C15H18N4O3/c1-16-13(20)10-19-12(14(17-18-19)15(21)22-2)9-8-11-6-4-3-5-7-11/h3-7H,8-10H2,1-2H3,(H,16,20). The molecule has 1 N–H and O–H groups in total. The molecule has 0 spiro atoms. The first-order valence-corrected chi connectivity index (χ1v) is 6.91. The van der Waals surface area contributed by atoms with E-state index in [2.05, 4.69) is 15.6 Å². The lowest BCUT2D eigenvalue weighted by Gasteiger charge is -2.07. The molecule has 1 aromatic carbocycles. The Balaban J connectivity index is 2.22. The summed E-state index contributed by atoms with van der Waals surface area (Å²) in [6, 6.07) is 9.86. The molecule has 0 saturated heterocycles. The average Bonchev–Trinajstić information content (AvgIpc) is 2.95. The van der Waals surface area contributed by atoms with Gasteiger partial charge in [0.2, 0.25) is 5.91 Å². The van der Waals surface area contributed by atoms with Gasteiger partial charge in [0, 0.05) is 7.05 Å². The van der Waals surface area contributed by atoms with E-state index in [1.165, 1.54) is 11.8 Å². The minimum atomic E-state index is -0.550. The maximum atomic E-state index is 11.8. The molecule has 2 rings (SSSR count). The SMILES string of the molecule is CNC(=O)Cn1nnc(C(=O)OC)c1CCc1ccccc1. The van der Waals surface area contributed by atoms with E-state index in [-0.39, 0.29) is 18.1 Å². The van der Waals surface area contributed by atoms with Crippen molar-refractivity contribution in [3.05, 3.63) is 47.3 Å². The predicted molar refractivity (Wildman–Crippen MR) is 79.3 cm³/mol. The molecule has 1 aromatic heterocycles. The first kappa shape index (κ1) is 15.7. The first-order chi connectivity index (χ1) is 10.7.